The van der Waals surface area contributed by atoms with Crippen LogP contribution < -0.4 is 0 Å². The summed E-state index contributed by atoms with van der Waals surface area (Å²) in [5.74, 6) is 0.0657. The van der Waals surface area contributed by atoms with E-state index in [0.717, 1.165) is 19.4 Å². The van der Waals surface area contributed by atoms with Crippen LogP contribution in [0.1, 0.15) is 26.7 Å². The quantitative estimate of drug-likeness (QED) is 0.709. The third-order valence-corrected chi connectivity index (χ3v) is 3.57. The minimum Gasteiger partial charge on any atom is -0.389 e. The lowest BCUT2D eigenvalue weighted by Crippen LogP contribution is -2.49. The molecule has 4 heteroatoms. The van der Waals surface area contributed by atoms with Crippen LogP contribution in [-0.2, 0) is 4.79 Å². The first-order valence-electron chi connectivity index (χ1n) is 6.86. The maximum atomic E-state index is 12.3. The van der Waals surface area contributed by atoms with Crippen molar-refractivity contribution in [1.29, 1.82) is 0 Å². The zero-order chi connectivity index (χ0) is 14.5. The van der Waals surface area contributed by atoms with Crippen molar-refractivity contribution < 1.29 is 9.90 Å². The molecule has 1 N–H and O–H groups in total. The Labute approximate surface area is 116 Å². The van der Waals surface area contributed by atoms with Gasteiger partial charge < -0.3 is 10.0 Å². The molecular weight excluding hydrogens is 240 g/mol. The van der Waals surface area contributed by atoms with Gasteiger partial charge in [0, 0.05) is 19.1 Å². The molecule has 0 spiro atoms. The maximum Gasteiger partial charge on any atom is 0.237 e. The van der Waals surface area contributed by atoms with Gasteiger partial charge in [0.25, 0.3) is 0 Å². The van der Waals surface area contributed by atoms with Gasteiger partial charge in [-0.1, -0.05) is 12.2 Å². The summed E-state index contributed by atoms with van der Waals surface area (Å²) in [5, 5.41) is 10.1. The highest BCUT2D eigenvalue weighted by atomic mass is 16.3. The molecule has 4 nitrogen and oxygen atoms in total. The maximum absolute atomic E-state index is 12.3. The van der Waals surface area contributed by atoms with Gasteiger partial charge in [-0.2, -0.15) is 0 Å². The topological polar surface area (TPSA) is 43.8 Å². The largest absolute Gasteiger partial charge is 0.389 e. The summed E-state index contributed by atoms with van der Waals surface area (Å²) in [4.78, 5) is 16.1. The van der Waals surface area contributed by atoms with E-state index in [1.807, 2.05) is 13.8 Å². The second-order valence-electron chi connectivity index (χ2n) is 5.66. The Bertz CT molecular complexity index is 324. The highest BCUT2D eigenvalue weighted by Gasteiger charge is 2.36. The molecule has 1 saturated heterocycles. The number of aliphatic hydroxyl groups is 1. The van der Waals surface area contributed by atoms with Gasteiger partial charge in [0.2, 0.25) is 5.91 Å². The molecule has 1 aliphatic rings. The molecule has 1 atom stereocenters. The van der Waals surface area contributed by atoms with Crippen LogP contribution in [0.2, 0.25) is 0 Å². The highest BCUT2D eigenvalue weighted by molar-refractivity contribution is 5.78. The first-order chi connectivity index (χ1) is 8.90. The molecule has 1 rings (SSSR count). The molecule has 0 aromatic carbocycles. The first-order valence-corrected chi connectivity index (χ1v) is 6.86. The van der Waals surface area contributed by atoms with Crippen molar-refractivity contribution in [1.82, 2.24) is 9.80 Å². The highest BCUT2D eigenvalue weighted by Crippen LogP contribution is 2.26. The van der Waals surface area contributed by atoms with Crippen molar-refractivity contribution in [3.8, 4) is 0 Å². The molecule has 1 fully saturated rings. The number of nitrogens with zero attached hydrogens (tertiary/aromatic N) is 2. The van der Waals surface area contributed by atoms with Crippen molar-refractivity contribution in [2.24, 2.45) is 0 Å². The minimum absolute atomic E-state index is 0.0609. The summed E-state index contributed by atoms with van der Waals surface area (Å²) in [6.45, 7) is 13.3. The third-order valence-electron chi connectivity index (χ3n) is 3.57. The number of hydrogen-bond acceptors (Lipinski definition) is 3. The molecule has 19 heavy (non-hydrogen) atoms. The lowest BCUT2D eigenvalue weighted by molar-refractivity contribution is -0.132. The van der Waals surface area contributed by atoms with Crippen LogP contribution in [0.15, 0.2) is 25.3 Å². The molecule has 0 radical (unpaired) electrons. The van der Waals surface area contributed by atoms with E-state index in [9.17, 15) is 9.90 Å². The lowest BCUT2D eigenvalue weighted by atomic mass is 9.97. The zero-order valence-corrected chi connectivity index (χ0v) is 12.1. The third kappa shape index (κ3) is 4.48. The van der Waals surface area contributed by atoms with E-state index < -0.39 is 5.60 Å². The van der Waals surface area contributed by atoms with Crippen LogP contribution in [0.3, 0.4) is 0 Å². The van der Waals surface area contributed by atoms with Crippen molar-refractivity contribution in [3.05, 3.63) is 25.3 Å². The molecule has 1 heterocycles. The standard InChI is InChI=1S/C15H26N2O2/c1-5-9-16(10-6-2)14(18)12-17-11-7-8-13(17)15(3,4)19/h5-6,13,19H,1-2,7-12H2,3-4H3. The van der Waals surface area contributed by atoms with Gasteiger partial charge in [-0.3, -0.25) is 9.69 Å². The molecule has 0 aromatic heterocycles. The predicted octanol–water partition coefficient (Wildman–Crippen LogP) is 1.42. The average Bonchev–Trinajstić information content (AvgIpc) is 2.76. The van der Waals surface area contributed by atoms with Gasteiger partial charge in [-0.15, -0.1) is 13.2 Å². The van der Waals surface area contributed by atoms with Gasteiger partial charge in [0.1, 0.15) is 0 Å². The molecule has 0 aromatic rings. The molecule has 1 amide bonds. The number of carbonyl (C=O) groups excluding carboxylic acids is 1. The summed E-state index contributed by atoms with van der Waals surface area (Å²) in [5.41, 5.74) is -0.765. The van der Waals surface area contributed by atoms with E-state index in [2.05, 4.69) is 18.1 Å². The van der Waals surface area contributed by atoms with Gasteiger partial charge in [-0.05, 0) is 33.2 Å². The zero-order valence-electron chi connectivity index (χ0n) is 12.1. The van der Waals surface area contributed by atoms with Gasteiger partial charge in [0.15, 0.2) is 0 Å². The van der Waals surface area contributed by atoms with E-state index in [1.165, 1.54) is 0 Å². The molecule has 0 saturated carbocycles. The van der Waals surface area contributed by atoms with E-state index in [-0.39, 0.29) is 11.9 Å². The minimum atomic E-state index is -0.765. The Balaban J connectivity index is 2.63. The van der Waals surface area contributed by atoms with E-state index in [4.69, 9.17) is 0 Å². The molecule has 0 aliphatic carbocycles. The fraction of sp³-hybridized carbons (Fsp3) is 0.667. The Kier molecular flexibility index (Phi) is 5.76. The number of hydrogen-bond donors (Lipinski definition) is 1. The van der Waals surface area contributed by atoms with Crippen molar-refractivity contribution in [2.45, 2.75) is 38.3 Å². The normalized spacial score (nSPS) is 20.3. The van der Waals surface area contributed by atoms with Crippen LogP contribution in [-0.4, -0.2) is 58.6 Å². The summed E-state index contributed by atoms with van der Waals surface area (Å²) < 4.78 is 0. The lowest BCUT2D eigenvalue weighted by Gasteiger charge is -2.34. The number of likely N-dealkylation sites (tertiary alicyclic amines) is 1. The molecule has 1 aliphatic heterocycles. The van der Waals surface area contributed by atoms with Crippen LogP contribution in [0.5, 0.6) is 0 Å². The summed E-state index contributed by atoms with van der Waals surface area (Å²) >= 11 is 0. The van der Waals surface area contributed by atoms with Crippen LogP contribution >= 0.6 is 0 Å². The van der Waals surface area contributed by atoms with E-state index >= 15 is 0 Å². The predicted molar refractivity (Wildman–Crippen MR) is 77.9 cm³/mol. The Morgan fingerprint density at radius 1 is 1.42 bits per heavy atom. The van der Waals surface area contributed by atoms with Gasteiger partial charge in [0.05, 0.1) is 12.1 Å². The second-order valence-corrected chi connectivity index (χ2v) is 5.66. The summed E-state index contributed by atoms with van der Waals surface area (Å²) in [6.07, 6.45) is 5.42. The molecule has 1 unspecified atom stereocenters. The Hall–Kier alpha value is -1.13. The smallest absolute Gasteiger partial charge is 0.237 e. The molecule has 0 bridgehead atoms. The van der Waals surface area contributed by atoms with Gasteiger partial charge >= 0.3 is 0 Å². The van der Waals surface area contributed by atoms with E-state index in [0.29, 0.717) is 19.6 Å². The first kappa shape index (κ1) is 15.9. The van der Waals surface area contributed by atoms with Crippen LogP contribution in [0, 0.1) is 0 Å². The summed E-state index contributed by atoms with van der Waals surface area (Å²) in [7, 11) is 0. The number of rotatable bonds is 7. The van der Waals surface area contributed by atoms with Crippen molar-refractivity contribution in [2.75, 3.05) is 26.2 Å². The average molecular weight is 266 g/mol. The van der Waals surface area contributed by atoms with E-state index in [1.54, 1.807) is 17.1 Å². The van der Waals surface area contributed by atoms with Crippen molar-refractivity contribution >= 4 is 5.91 Å². The second kappa shape index (κ2) is 6.87. The van der Waals surface area contributed by atoms with Crippen LogP contribution in [0.4, 0.5) is 0 Å². The van der Waals surface area contributed by atoms with Gasteiger partial charge in [-0.25, -0.2) is 0 Å². The fourth-order valence-corrected chi connectivity index (χ4v) is 2.68. The number of amides is 1. The van der Waals surface area contributed by atoms with Crippen molar-refractivity contribution in [3.63, 3.8) is 0 Å². The Morgan fingerprint density at radius 2 is 2.00 bits per heavy atom. The van der Waals surface area contributed by atoms with Crippen LogP contribution in [0.25, 0.3) is 0 Å². The Morgan fingerprint density at radius 3 is 2.47 bits per heavy atom. The molecule has 108 valence electrons. The SMILES string of the molecule is C=CCN(CC=C)C(=O)CN1CCCC1C(C)(C)O. The fourth-order valence-electron chi connectivity index (χ4n) is 2.68. The summed E-state index contributed by atoms with van der Waals surface area (Å²) in [6, 6.07) is 0.0609. The monoisotopic (exact) mass is 266 g/mol. The number of carbonyl (C=O) groups is 1. The molecular formula is C15H26N2O2.